The summed E-state index contributed by atoms with van der Waals surface area (Å²) in [7, 11) is 3.80. The molecule has 0 atom stereocenters. The van der Waals surface area contributed by atoms with E-state index in [1.807, 2.05) is 0 Å². The maximum absolute atomic E-state index is 9.60. The van der Waals surface area contributed by atoms with Crippen molar-refractivity contribution in [3.05, 3.63) is 23.3 Å². The molecule has 1 fully saturated rings. The molecule has 1 N–H and O–H groups in total. The first-order valence-electron chi connectivity index (χ1n) is 6.98. The number of nitrogens with zero attached hydrogens (tertiary/aromatic N) is 1. The first-order chi connectivity index (χ1) is 9.01. The van der Waals surface area contributed by atoms with Crippen molar-refractivity contribution >= 4 is 5.69 Å². The fourth-order valence-electron chi connectivity index (χ4n) is 2.87. The van der Waals surface area contributed by atoms with Gasteiger partial charge in [0.05, 0.1) is 19.4 Å². The van der Waals surface area contributed by atoms with Crippen LogP contribution in [0.2, 0.25) is 0 Å². The Balaban J connectivity index is 2.23. The van der Waals surface area contributed by atoms with Gasteiger partial charge in [-0.25, -0.2) is 0 Å². The lowest BCUT2D eigenvalue weighted by Crippen LogP contribution is -2.43. The molecule has 3 nitrogen and oxygen atoms in total. The number of aliphatic hydroxyl groups excluding tert-OH is 1. The van der Waals surface area contributed by atoms with Gasteiger partial charge in [0, 0.05) is 19.0 Å². The minimum Gasteiger partial charge on any atom is -0.495 e. The van der Waals surface area contributed by atoms with Crippen molar-refractivity contribution in [3.8, 4) is 5.75 Å². The summed E-state index contributed by atoms with van der Waals surface area (Å²) in [5.41, 5.74) is 3.73. The van der Waals surface area contributed by atoms with Crippen molar-refractivity contribution in [2.45, 2.75) is 33.1 Å². The van der Waals surface area contributed by atoms with E-state index in [1.165, 1.54) is 17.5 Å². The third-order valence-corrected chi connectivity index (χ3v) is 4.53. The average molecular weight is 263 g/mol. The van der Waals surface area contributed by atoms with Gasteiger partial charge in [0.25, 0.3) is 0 Å². The molecule has 0 bridgehead atoms. The molecule has 1 aromatic rings. The Labute approximate surface area is 116 Å². The molecular formula is C16H25NO2. The zero-order chi connectivity index (χ0) is 14.0. The summed E-state index contributed by atoms with van der Waals surface area (Å²) >= 11 is 0. The SMILES string of the molecule is COc1cc(C)c(C)cc1N(C)CC1(CO)CCC1. The van der Waals surface area contributed by atoms with Gasteiger partial charge in [-0.05, 0) is 49.9 Å². The van der Waals surface area contributed by atoms with Gasteiger partial charge < -0.3 is 14.7 Å². The van der Waals surface area contributed by atoms with E-state index < -0.39 is 0 Å². The van der Waals surface area contributed by atoms with Gasteiger partial charge in [-0.3, -0.25) is 0 Å². The number of anilines is 1. The van der Waals surface area contributed by atoms with Crippen LogP contribution in [0.1, 0.15) is 30.4 Å². The number of aliphatic hydroxyl groups is 1. The second-order valence-electron chi connectivity index (χ2n) is 5.98. The van der Waals surface area contributed by atoms with E-state index in [-0.39, 0.29) is 12.0 Å². The number of methoxy groups -OCH3 is 1. The average Bonchev–Trinajstić information content (AvgIpc) is 2.36. The topological polar surface area (TPSA) is 32.7 Å². The van der Waals surface area contributed by atoms with Crippen LogP contribution in [0.5, 0.6) is 5.75 Å². The van der Waals surface area contributed by atoms with E-state index in [4.69, 9.17) is 4.74 Å². The van der Waals surface area contributed by atoms with E-state index in [0.717, 1.165) is 30.8 Å². The third kappa shape index (κ3) is 2.71. The standard InChI is InChI=1S/C16H25NO2/c1-12-8-14(15(19-4)9-13(12)2)17(3)10-16(11-18)6-5-7-16/h8-9,18H,5-7,10-11H2,1-4H3. The zero-order valence-electron chi connectivity index (χ0n) is 12.5. The smallest absolute Gasteiger partial charge is 0.142 e. The highest BCUT2D eigenvalue weighted by atomic mass is 16.5. The summed E-state index contributed by atoms with van der Waals surface area (Å²) in [5.74, 6) is 0.915. The van der Waals surface area contributed by atoms with Crippen LogP contribution >= 0.6 is 0 Å². The van der Waals surface area contributed by atoms with Crippen LogP contribution < -0.4 is 9.64 Å². The lowest BCUT2D eigenvalue weighted by atomic mass is 9.69. The summed E-state index contributed by atoms with van der Waals surface area (Å²) in [6.07, 6.45) is 3.49. The van der Waals surface area contributed by atoms with Crippen LogP contribution in [0.15, 0.2) is 12.1 Å². The molecule has 2 rings (SSSR count). The zero-order valence-corrected chi connectivity index (χ0v) is 12.5. The van der Waals surface area contributed by atoms with Crippen molar-refractivity contribution in [1.29, 1.82) is 0 Å². The lowest BCUT2D eigenvalue weighted by Gasteiger charge is -2.43. The van der Waals surface area contributed by atoms with E-state index in [1.54, 1.807) is 7.11 Å². The first-order valence-corrected chi connectivity index (χ1v) is 6.98. The van der Waals surface area contributed by atoms with E-state index in [0.29, 0.717) is 0 Å². The molecule has 106 valence electrons. The summed E-state index contributed by atoms with van der Waals surface area (Å²) in [5, 5.41) is 9.60. The largest absolute Gasteiger partial charge is 0.495 e. The Morgan fingerprint density at radius 2 is 1.89 bits per heavy atom. The molecule has 0 radical (unpaired) electrons. The van der Waals surface area contributed by atoms with Gasteiger partial charge in [-0.15, -0.1) is 0 Å². The molecule has 0 aromatic heterocycles. The highest BCUT2D eigenvalue weighted by molar-refractivity contribution is 5.61. The number of hydrogen-bond acceptors (Lipinski definition) is 3. The second kappa shape index (κ2) is 5.41. The Bertz CT molecular complexity index is 447. The third-order valence-electron chi connectivity index (χ3n) is 4.53. The molecule has 1 aliphatic rings. The number of ether oxygens (including phenoxy) is 1. The first kappa shape index (κ1) is 14.2. The summed E-state index contributed by atoms with van der Waals surface area (Å²) in [6.45, 7) is 5.40. The highest BCUT2D eigenvalue weighted by Gasteiger charge is 2.37. The predicted molar refractivity (Wildman–Crippen MR) is 79.1 cm³/mol. The molecule has 0 amide bonds. The number of benzene rings is 1. The minimum absolute atomic E-state index is 0.0958. The second-order valence-corrected chi connectivity index (χ2v) is 5.98. The van der Waals surface area contributed by atoms with E-state index in [9.17, 15) is 5.11 Å². The Morgan fingerprint density at radius 3 is 2.37 bits per heavy atom. The lowest BCUT2D eigenvalue weighted by molar-refractivity contribution is 0.0523. The van der Waals surface area contributed by atoms with Gasteiger partial charge in [0.2, 0.25) is 0 Å². The molecule has 0 unspecified atom stereocenters. The van der Waals surface area contributed by atoms with E-state index >= 15 is 0 Å². The van der Waals surface area contributed by atoms with Crippen LogP contribution in [0.25, 0.3) is 0 Å². The minimum atomic E-state index is 0.0958. The van der Waals surface area contributed by atoms with Gasteiger partial charge in [-0.2, -0.15) is 0 Å². The van der Waals surface area contributed by atoms with Crippen LogP contribution in [-0.4, -0.2) is 32.4 Å². The van der Waals surface area contributed by atoms with Crippen molar-refractivity contribution in [3.63, 3.8) is 0 Å². The number of hydrogen-bond donors (Lipinski definition) is 1. The predicted octanol–water partition coefficient (Wildman–Crippen LogP) is 2.91. The molecular weight excluding hydrogens is 238 g/mol. The van der Waals surface area contributed by atoms with Gasteiger partial charge in [0.1, 0.15) is 5.75 Å². The summed E-state index contributed by atoms with van der Waals surface area (Å²) < 4.78 is 5.50. The Kier molecular flexibility index (Phi) is 4.04. The summed E-state index contributed by atoms with van der Waals surface area (Å²) in [4.78, 5) is 2.22. The highest BCUT2D eigenvalue weighted by Crippen LogP contribution is 2.42. The number of rotatable bonds is 5. The Morgan fingerprint density at radius 1 is 1.26 bits per heavy atom. The molecule has 1 aromatic carbocycles. The maximum Gasteiger partial charge on any atom is 0.142 e. The Hall–Kier alpha value is -1.22. The van der Waals surface area contributed by atoms with Crippen LogP contribution in [0.3, 0.4) is 0 Å². The van der Waals surface area contributed by atoms with E-state index in [2.05, 4.69) is 37.9 Å². The molecule has 0 aliphatic heterocycles. The van der Waals surface area contributed by atoms with Crippen LogP contribution in [0.4, 0.5) is 5.69 Å². The van der Waals surface area contributed by atoms with Gasteiger partial charge in [-0.1, -0.05) is 6.42 Å². The molecule has 1 saturated carbocycles. The molecule has 3 heteroatoms. The maximum atomic E-state index is 9.60. The molecule has 19 heavy (non-hydrogen) atoms. The van der Waals surface area contributed by atoms with Crippen molar-refractivity contribution in [1.82, 2.24) is 0 Å². The van der Waals surface area contributed by atoms with Crippen LogP contribution in [-0.2, 0) is 0 Å². The van der Waals surface area contributed by atoms with Gasteiger partial charge >= 0.3 is 0 Å². The fourth-order valence-corrected chi connectivity index (χ4v) is 2.87. The van der Waals surface area contributed by atoms with Crippen molar-refractivity contribution in [2.24, 2.45) is 5.41 Å². The van der Waals surface area contributed by atoms with Crippen LogP contribution in [0, 0.1) is 19.3 Å². The molecule has 0 saturated heterocycles. The number of aryl methyl sites for hydroxylation is 2. The molecule has 1 aliphatic carbocycles. The van der Waals surface area contributed by atoms with Crippen molar-refractivity contribution < 1.29 is 9.84 Å². The fraction of sp³-hybridized carbons (Fsp3) is 0.625. The van der Waals surface area contributed by atoms with Crippen molar-refractivity contribution in [2.75, 3.05) is 32.2 Å². The quantitative estimate of drug-likeness (QED) is 0.886. The van der Waals surface area contributed by atoms with Gasteiger partial charge in [0.15, 0.2) is 0 Å². The normalized spacial score (nSPS) is 16.9. The molecule has 0 spiro atoms. The molecule has 0 heterocycles. The summed E-state index contributed by atoms with van der Waals surface area (Å²) in [6, 6.07) is 4.27. The monoisotopic (exact) mass is 263 g/mol.